The molecule has 4 rings (SSSR count). The molecule has 2 aromatic heterocycles. The number of aromatic nitrogens is 3. The molecule has 0 saturated heterocycles. The molecule has 0 aliphatic rings. The van der Waals surface area contributed by atoms with Crippen LogP contribution in [0, 0.1) is 9.39 Å². The van der Waals surface area contributed by atoms with Gasteiger partial charge in [0.2, 0.25) is 0 Å². The number of imidazole rings is 1. The zero-order valence-corrected chi connectivity index (χ0v) is 17.1. The van der Waals surface area contributed by atoms with Crippen LogP contribution in [0.25, 0.3) is 11.0 Å². The van der Waals surface area contributed by atoms with Crippen molar-refractivity contribution in [1.29, 1.82) is 0 Å². The summed E-state index contributed by atoms with van der Waals surface area (Å²) in [6.45, 7) is 0.683. The molecule has 0 bridgehead atoms. The minimum absolute atomic E-state index is 0.336. The van der Waals surface area contributed by atoms with E-state index in [1.807, 2.05) is 47.0 Å². The second-order valence-electron chi connectivity index (χ2n) is 6.05. The van der Waals surface area contributed by atoms with Crippen LogP contribution in [-0.2, 0) is 13.0 Å². The Morgan fingerprint density at radius 2 is 1.93 bits per heavy atom. The van der Waals surface area contributed by atoms with Gasteiger partial charge in [0, 0.05) is 28.4 Å². The average molecular weight is 493 g/mol. The molecule has 2 heterocycles. The Kier molecular flexibility index (Phi) is 5.27. The molecular formula is C20H15ClFIN4. The van der Waals surface area contributed by atoms with E-state index in [1.54, 1.807) is 18.6 Å². The number of hydrogen-bond acceptors (Lipinski definition) is 3. The van der Waals surface area contributed by atoms with Crippen molar-refractivity contribution in [2.24, 2.45) is 0 Å². The number of hydrogen-bond donors (Lipinski definition) is 1. The lowest BCUT2D eigenvalue weighted by Crippen LogP contribution is -2.01. The standard InChI is InChI=1S/C20H15ClFIN4/c21-15-11-13(23)4-5-16(15)26-17-6-7-18-20(19(17)22)25-12-27(18)10-8-14-3-1-2-9-24-14/h1-7,9,11-12,26H,8,10H2. The summed E-state index contributed by atoms with van der Waals surface area (Å²) in [5.74, 6) is -0.390. The third kappa shape index (κ3) is 3.91. The number of rotatable bonds is 5. The van der Waals surface area contributed by atoms with Crippen LogP contribution in [-0.4, -0.2) is 14.5 Å². The molecule has 0 amide bonds. The van der Waals surface area contributed by atoms with Gasteiger partial charge in [-0.25, -0.2) is 9.37 Å². The van der Waals surface area contributed by atoms with E-state index in [1.165, 1.54) is 0 Å². The highest BCUT2D eigenvalue weighted by atomic mass is 127. The molecule has 0 fully saturated rings. The van der Waals surface area contributed by atoms with Crippen molar-refractivity contribution >= 4 is 56.6 Å². The van der Waals surface area contributed by atoms with E-state index in [-0.39, 0.29) is 0 Å². The van der Waals surface area contributed by atoms with Gasteiger partial charge < -0.3 is 9.88 Å². The lowest BCUT2D eigenvalue weighted by atomic mass is 10.2. The number of fused-ring (bicyclic) bond motifs is 1. The molecule has 0 spiro atoms. The topological polar surface area (TPSA) is 42.7 Å². The van der Waals surface area contributed by atoms with Gasteiger partial charge in [0.05, 0.1) is 28.2 Å². The van der Waals surface area contributed by atoms with Crippen LogP contribution in [0.15, 0.2) is 61.1 Å². The minimum atomic E-state index is -0.390. The van der Waals surface area contributed by atoms with Crippen LogP contribution >= 0.6 is 34.2 Å². The van der Waals surface area contributed by atoms with Gasteiger partial charge in [-0.3, -0.25) is 4.98 Å². The van der Waals surface area contributed by atoms with Gasteiger partial charge in [-0.05, 0) is 65.1 Å². The Morgan fingerprint density at radius 3 is 2.70 bits per heavy atom. The highest BCUT2D eigenvalue weighted by molar-refractivity contribution is 14.1. The third-order valence-corrected chi connectivity index (χ3v) is 5.25. The van der Waals surface area contributed by atoms with E-state index in [0.717, 1.165) is 21.2 Å². The minimum Gasteiger partial charge on any atom is -0.352 e. The maximum absolute atomic E-state index is 14.9. The van der Waals surface area contributed by atoms with E-state index in [0.29, 0.717) is 28.5 Å². The number of benzene rings is 2. The summed E-state index contributed by atoms with van der Waals surface area (Å²) in [5.41, 5.74) is 3.09. The molecule has 0 aliphatic heterocycles. The highest BCUT2D eigenvalue weighted by Crippen LogP contribution is 2.30. The average Bonchev–Trinajstić information content (AvgIpc) is 3.09. The van der Waals surface area contributed by atoms with E-state index in [2.05, 4.69) is 37.9 Å². The molecule has 4 aromatic rings. The normalized spacial score (nSPS) is 11.1. The maximum Gasteiger partial charge on any atom is 0.174 e. The van der Waals surface area contributed by atoms with Crippen molar-refractivity contribution < 1.29 is 4.39 Å². The summed E-state index contributed by atoms with van der Waals surface area (Å²) in [4.78, 5) is 8.58. The summed E-state index contributed by atoms with van der Waals surface area (Å²) in [5, 5.41) is 3.60. The monoisotopic (exact) mass is 492 g/mol. The summed E-state index contributed by atoms with van der Waals surface area (Å²) in [6, 6.07) is 15.0. The van der Waals surface area contributed by atoms with E-state index in [4.69, 9.17) is 11.6 Å². The van der Waals surface area contributed by atoms with Crippen LogP contribution in [0.1, 0.15) is 5.69 Å². The fourth-order valence-electron chi connectivity index (χ4n) is 2.89. The van der Waals surface area contributed by atoms with Crippen LogP contribution in [0.3, 0.4) is 0 Å². The van der Waals surface area contributed by atoms with Gasteiger partial charge in [0.1, 0.15) is 5.52 Å². The predicted octanol–water partition coefficient (Wildman–Crippen LogP) is 5.81. The fourth-order valence-corrected chi connectivity index (χ4v) is 3.79. The number of aryl methyl sites for hydroxylation is 2. The molecule has 0 atom stereocenters. The van der Waals surface area contributed by atoms with Gasteiger partial charge in [-0.2, -0.15) is 0 Å². The van der Waals surface area contributed by atoms with Crippen molar-refractivity contribution in [1.82, 2.24) is 14.5 Å². The zero-order valence-electron chi connectivity index (χ0n) is 14.2. The van der Waals surface area contributed by atoms with Crippen LogP contribution in [0.4, 0.5) is 15.8 Å². The first kappa shape index (κ1) is 18.2. The van der Waals surface area contributed by atoms with Crippen LogP contribution < -0.4 is 5.32 Å². The number of nitrogens with one attached hydrogen (secondary N) is 1. The van der Waals surface area contributed by atoms with Gasteiger partial charge >= 0.3 is 0 Å². The SMILES string of the molecule is Fc1c(Nc2ccc(I)cc2Cl)ccc2c1ncn2CCc1ccccn1. The Labute approximate surface area is 174 Å². The Morgan fingerprint density at radius 1 is 1.07 bits per heavy atom. The molecule has 0 saturated carbocycles. The molecule has 0 aliphatic carbocycles. The molecule has 0 unspecified atom stereocenters. The second kappa shape index (κ2) is 7.82. The molecule has 27 heavy (non-hydrogen) atoms. The second-order valence-corrected chi connectivity index (χ2v) is 7.71. The van der Waals surface area contributed by atoms with Crippen molar-refractivity contribution in [3.05, 3.63) is 81.2 Å². The molecule has 136 valence electrons. The fraction of sp³-hybridized carbons (Fsp3) is 0.100. The molecule has 2 aromatic carbocycles. The highest BCUT2D eigenvalue weighted by Gasteiger charge is 2.13. The molecule has 7 heteroatoms. The first-order chi connectivity index (χ1) is 13.1. The lowest BCUT2D eigenvalue weighted by Gasteiger charge is -2.10. The van der Waals surface area contributed by atoms with Gasteiger partial charge in [-0.15, -0.1) is 0 Å². The Hall–Kier alpha value is -2.19. The smallest absolute Gasteiger partial charge is 0.174 e. The molecular weight excluding hydrogens is 478 g/mol. The first-order valence-corrected chi connectivity index (χ1v) is 9.83. The van der Waals surface area contributed by atoms with E-state index in [9.17, 15) is 4.39 Å². The molecule has 0 radical (unpaired) electrons. The Balaban J connectivity index is 1.59. The van der Waals surface area contributed by atoms with Crippen LogP contribution in [0.5, 0.6) is 0 Å². The first-order valence-electron chi connectivity index (χ1n) is 8.37. The summed E-state index contributed by atoms with van der Waals surface area (Å²) in [7, 11) is 0. The van der Waals surface area contributed by atoms with Crippen molar-refractivity contribution in [3.8, 4) is 0 Å². The largest absolute Gasteiger partial charge is 0.352 e. The Bertz CT molecular complexity index is 1100. The predicted molar refractivity (Wildman–Crippen MR) is 115 cm³/mol. The summed E-state index contributed by atoms with van der Waals surface area (Å²) < 4.78 is 17.9. The van der Waals surface area contributed by atoms with E-state index >= 15 is 0 Å². The van der Waals surface area contributed by atoms with Crippen molar-refractivity contribution in [2.75, 3.05) is 5.32 Å². The number of nitrogens with zero attached hydrogens (tertiary/aromatic N) is 3. The van der Waals surface area contributed by atoms with Gasteiger partial charge in [-0.1, -0.05) is 17.7 Å². The van der Waals surface area contributed by atoms with Crippen molar-refractivity contribution in [2.45, 2.75) is 13.0 Å². The molecule has 1 N–H and O–H groups in total. The zero-order chi connectivity index (χ0) is 18.8. The third-order valence-electron chi connectivity index (χ3n) is 4.27. The van der Waals surface area contributed by atoms with E-state index < -0.39 is 5.82 Å². The number of pyridine rings is 1. The summed E-state index contributed by atoms with van der Waals surface area (Å²) >= 11 is 8.42. The summed E-state index contributed by atoms with van der Waals surface area (Å²) in [6.07, 6.45) is 4.19. The maximum atomic E-state index is 14.9. The van der Waals surface area contributed by atoms with Crippen molar-refractivity contribution in [3.63, 3.8) is 0 Å². The van der Waals surface area contributed by atoms with Gasteiger partial charge in [0.25, 0.3) is 0 Å². The number of anilines is 2. The lowest BCUT2D eigenvalue weighted by molar-refractivity contribution is 0.641. The molecule has 4 nitrogen and oxygen atoms in total. The number of halogens is 3. The van der Waals surface area contributed by atoms with Crippen LogP contribution in [0.2, 0.25) is 5.02 Å². The quantitative estimate of drug-likeness (QED) is 0.357. The van der Waals surface area contributed by atoms with Gasteiger partial charge in [0.15, 0.2) is 5.82 Å².